The monoisotopic (exact) mass is 385 g/mol. The quantitative estimate of drug-likeness (QED) is 0.719. The van der Waals surface area contributed by atoms with Crippen LogP contribution in [-0.2, 0) is 9.59 Å². The number of nitrogens with zero attached hydrogens (tertiary/aromatic N) is 2. The van der Waals surface area contributed by atoms with E-state index in [0.717, 1.165) is 5.75 Å². The molecule has 0 fully saturated rings. The van der Waals surface area contributed by atoms with Gasteiger partial charge in [-0.3, -0.25) is 14.5 Å². The molecule has 2 rings (SSSR count). The zero-order valence-electron chi connectivity index (χ0n) is 16.8. The number of anilines is 1. The second-order valence-electron chi connectivity index (χ2n) is 6.54. The van der Waals surface area contributed by atoms with E-state index in [1.54, 1.807) is 50.3 Å². The number of benzene rings is 2. The highest BCUT2D eigenvalue weighted by Crippen LogP contribution is 2.25. The van der Waals surface area contributed by atoms with Gasteiger partial charge in [0, 0.05) is 19.8 Å². The van der Waals surface area contributed by atoms with E-state index in [0.29, 0.717) is 23.8 Å². The van der Waals surface area contributed by atoms with Gasteiger partial charge in [-0.1, -0.05) is 0 Å². The van der Waals surface area contributed by atoms with Gasteiger partial charge in [-0.2, -0.15) is 0 Å². The standard InChI is InChI=1S/C21H27N3O4/c1-5-27-17-10-12-19(13-11-17)28-18-8-6-16(7-9-18)22-20(25)14-24(4)15-21(26)23(2)3/h6-13H,5,14-15H2,1-4H3,(H,22,25). The Morgan fingerprint density at radius 3 is 1.93 bits per heavy atom. The van der Waals surface area contributed by atoms with Crippen LogP contribution >= 0.6 is 0 Å². The molecule has 0 saturated carbocycles. The molecule has 2 aromatic rings. The zero-order chi connectivity index (χ0) is 20.5. The molecule has 2 aromatic carbocycles. The van der Waals surface area contributed by atoms with Gasteiger partial charge in [0.05, 0.1) is 19.7 Å². The first-order chi connectivity index (χ1) is 13.4. The summed E-state index contributed by atoms with van der Waals surface area (Å²) in [5.74, 6) is 1.92. The van der Waals surface area contributed by atoms with Crippen molar-refractivity contribution in [2.75, 3.05) is 46.2 Å². The number of ether oxygens (including phenoxy) is 2. The van der Waals surface area contributed by atoms with Crippen LogP contribution in [0.15, 0.2) is 48.5 Å². The van der Waals surface area contributed by atoms with Gasteiger partial charge in [0.1, 0.15) is 17.2 Å². The van der Waals surface area contributed by atoms with E-state index in [-0.39, 0.29) is 24.9 Å². The van der Waals surface area contributed by atoms with Crippen LogP contribution in [0.3, 0.4) is 0 Å². The predicted octanol–water partition coefficient (Wildman–Crippen LogP) is 2.84. The highest BCUT2D eigenvalue weighted by atomic mass is 16.5. The minimum Gasteiger partial charge on any atom is -0.494 e. The van der Waals surface area contributed by atoms with Gasteiger partial charge >= 0.3 is 0 Å². The lowest BCUT2D eigenvalue weighted by atomic mass is 10.3. The molecule has 0 bridgehead atoms. The highest BCUT2D eigenvalue weighted by molar-refractivity contribution is 5.92. The minimum absolute atomic E-state index is 0.0499. The summed E-state index contributed by atoms with van der Waals surface area (Å²) in [7, 11) is 5.11. The Hall–Kier alpha value is -3.06. The van der Waals surface area contributed by atoms with Crippen LogP contribution in [-0.4, -0.2) is 62.5 Å². The zero-order valence-corrected chi connectivity index (χ0v) is 16.8. The first-order valence-corrected chi connectivity index (χ1v) is 9.06. The average molecular weight is 385 g/mol. The molecule has 1 N–H and O–H groups in total. The van der Waals surface area contributed by atoms with E-state index in [9.17, 15) is 9.59 Å². The lowest BCUT2D eigenvalue weighted by molar-refractivity contribution is -0.130. The first-order valence-electron chi connectivity index (χ1n) is 9.06. The number of carbonyl (C=O) groups is 2. The van der Waals surface area contributed by atoms with Crippen LogP contribution in [0.25, 0.3) is 0 Å². The molecule has 0 aliphatic carbocycles. The van der Waals surface area contributed by atoms with Crippen LogP contribution < -0.4 is 14.8 Å². The molecule has 0 aromatic heterocycles. The van der Waals surface area contributed by atoms with Crippen molar-refractivity contribution >= 4 is 17.5 Å². The molecule has 0 radical (unpaired) electrons. The van der Waals surface area contributed by atoms with Gasteiger partial charge in [0.15, 0.2) is 0 Å². The Bertz CT molecular complexity index is 773. The Morgan fingerprint density at radius 1 is 0.857 bits per heavy atom. The van der Waals surface area contributed by atoms with E-state index in [2.05, 4.69) is 5.32 Å². The van der Waals surface area contributed by atoms with E-state index in [1.165, 1.54) is 4.90 Å². The van der Waals surface area contributed by atoms with Crippen molar-refractivity contribution in [1.29, 1.82) is 0 Å². The summed E-state index contributed by atoms with van der Waals surface area (Å²) in [5, 5.41) is 2.81. The van der Waals surface area contributed by atoms with Crippen LogP contribution in [0.2, 0.25) is 0 Å². The van der Waals surface area contributed by atoms with E-state index in [1.807, 2.05) is 31.2 Å². The van der Waals surface area contributed by atoms with Crippen molar-refractivity contribution in [2.45, 2.75) is 6.92 Å². The average Bonchev–Trinajstić information content (AvgIpc) is 2.65. The lowest BCUT2D eigenvalue weighted by Gasteiger charge is -2.18. The molecular weight excluding hydrogens is 358 g/mol. The molecule has 150 valence electrons. The molecule has 0 atom stereocenters. The molecule has 0 aliphatic heterocycles. The smallest absolute Gasteiger partial charge is 0.238 e. The number of hydrogen-bond donors (Lipinski definition) is 1. The molecule has 7 nitrogen and oxygen atoms in total. The molecule has 2 amide bonds. The summed E-state index contributed by atoms with van der Waals surface area (Å²) >= 11 is 0. The van der Waals surface area contributed by atoms with Crippen molar-refractivity contribution < 1.29 is 19.1 Å². The fourth-order valence-electron chi connectivity index (χ4n) is 2.39. The Morgan fingerprint density at radius 2 is 1.39 bits per heavy atom. The number of carbonyl (C=O) groups excluding carboxylic acids is 2. The summed E-state index contributed by atoms with van der Waals surface area (Å²) in [6, 6.07) is 14.5. The molecule has 7 heteroatoms. The van der Waals surface area contributed by atoms with Crippen molar-refractivity contribution in [3.63, 3.8) is 0 Å². The van der Waals surface area contributed by atoms with Gasteiger partial charge in [-0.25, -0.2) is 0 Å². The third-order valence-corrected chi connectivity index (χ3v) is 3.83. The topological polar surface area (TPSA) is 71.1 Å². The Balaban J connectivity index is 1.84. The third kappa shape index (κ3) is 6.92. The number of nitrogens with one attached hydrogen (secondary N) is 1. The van der Waals surface area contributed by atoms with Gasteiger partial charge in [0.25, 0.3) is 0 Å². The van der Waals surface area contributed by atoms with Gasteiger partial charge < -0.3 is 19.7 Å². The van der Waals surface area contributed by atoms with Gasteiger partial charge in [-0.05, 0) is 62.5 Å². The number of amides is 2. The maximum Gasteiger partial charge on any atom is 0.238 e. The predicted molar refractivity (Wildman–Crippen MR) is 109 cm³/mol. The van der Waals surface area contributed by atoms with Gasteiger partial charge in [-0.15, -0.1) is 0 Å². The molecule has 0 unspecified atom stereocenters. The van der Waals surface area contributed by atoms with Crippen LogP contribution in [0.5, 0.6) is 17.2 Å². The molecule has 28 heavy (non-hydrogen) atoms. The maximum atomic E-state index is 12.1. The molecular formula is C21H27N3O4. The maximum absolute atomic E-state index is 12.1. The summed E-state index contributed by atoms with van der Waals surface area (Å²) in [4.78, 5) is 26.9. The van der Waals surface area contributed by atoms with Crippen molar-refractivity contribution in [1.82, 2.24) is 9.80 Å². The molecule has 0 saturated heterocycles. The first kappa shape index (κ1) is 21.2. The SMILES string of the molecule is CCOc1ccc(Oc2ccc(NC(=O)CN(C)CC(=O)N(C)C)cc2)cc1. The summed E-state index contributed by atoms with van der Waals surface area (Å²) in [6.45, 7) is 2.88. The van der Waals surface area contributed by atoms with E-state index >= 15 is 0 Å². The van der Waals surface area contributed by atoms with E-state index < -0.39 is 0 Å². The molecule has 0 spiro atoms. The normalized spacial score (nSPS) is 10.5. The van der Waals surface area contributed by atoms with Crippen molar-refractivity contribution in [3.8, 4) is 17.2 Å². The van der Waals surface area contributed by atoms with Gasteiger partial charge in [0.2, 0.25) is 11.8 Å². The van der Waals surface area contributed by atoms with Crippen LogP contribution in [0, 0.1) is 0 Å². The Kier molecular flexibility index (Phi) is 7.83. The number of hydrogen-bond acceptors (Lipinski definition) is 5. The number of likely N-dealkylation sites (N-methyl/N-ethyl adjacent to an activating group) is 2. The second-order valence-corrected chi connectivity index (χ2v) is 6.54. The summed E-state index contributed by atoms with van der Waals surface area (Å²) in [6.07, 6.45) is 0. The molecule has 0 aliphatic rings. The fourth-order valence-corrected chi connectivity index (χ4v) is 2.39. The Labute approximate surface area is 165 Å². The van der Waals surface area contributed by atoms with Crippen LogP contribution in [0.1, 0.15) is 6.92 Å². The third-order valence-electron chi connectivity index (χ3n) is 3.83. The number of rotatable bonds is 9. The fraction of sp³-hybridized carbons (Fsp3) is 0.333. The summed E-state index contributed by atoms with van der Waals surface area (Å²) < 4.78 is 11.2. The van der Waals surface area contributed by atoms with Crippen molar-refractivity contribution in [2.24, 2.45) is 0 Å². The lowest BCUT2D eigenvalue weighted by Crippen LogP contribution is -2.38. The summed E-state index contributed by atoms with van der Waals surface area (Å²) in [5.41, 5.74) is 0.663. The largest absolute Gasteiger partial charge is 0.494 e. The second kappa shape index (κ2) is 10.3. The van der Waals surface area contributed by atoms with Crippen molar-refractivity contribution in [3.05, 3.63) is 48.5 Å². The highest BCUT2D eigenvalue weighted by Gasteiger charge is 2.12. The minimum atomic E-state index is -0.186. The van der Waals surface area contributed by atoms with E-state index in [4.69, 9.17) is 9.47 Å². The molecule has 0 heterocycles. The van der Waals surface area contributed by atoms with Crippen LogP contribution in [0.4, 0.5) is 5.69 Å².